The molecule has 3 heteroatoms. The van der Waals surface area contributed by atoms with Crippen LogP contribution in [0.1, 0.15) is 11.3 Å². The molecule has 0 fully saturated rings. The molecule has 0 aromatic carbocycles. The SMILES string of the molecule is C=C(CCN)c1cncs1. The number of nitrogens with two attached hydrogens (primary N) is 1. The van der Waals surface area contributed by atoms with Crippen LogP contribution in [0.4, 0.5) is 0 Å². The third-order valence-corrected chi connectivity index (χ3v) is 2.10. The molecule has 1 heterocycles. The van der Waals surface area contributed by atoms with Crippen LogP contribution in [0.25, 0.3) is 5.57 Å². The van der Waals surface area contributed by atoms with E-state index in [9.17, 15) is 0 Å². The molecule has 0 amide bonds. The Morgan fingerprint density at radius 3 is 3.10 bits per heavy atom. The van der Waals surface area contributed by atoms with Gasteiger partial charge >= 0.3 is 0 Å². The van der Waals surface area contributed by atoms with Gasteiger partial charge in [-0.1, -0.05) is 6.58 Å². The minimum Gasteiger partial charge on any atom is -0.330 e. The minimum absolute atomic E-state index is 0.663. The molecule has 0 bridgehead atoms. The standard InChI is InChI=1S/C7H10N2S/c1-6(2-3-8)7-4-9-5-10-7/h4-5H,1-3,8H2. The number of thiazole rings is 1. The molecule has 0 saturated heterocycles. The number of nitrogens with zero attached hydrogens (tertiary/aromatic N) is 1. The lowest BCUT2D eigenvalue weighted by atomic mass is 10.2. The van der Waals surface area contributed by atoms with Crippen molar-refractivity contribution in [1.82, 2.24) is 4.98 Å². The van der Waals surface area contributed by atoms with Crippen molar-refractivity contribution in [1.29, 1.82) is 0 Å². The molecule has 0 saturated carbocycles. The van der Waals surface area contributed by atoms with Gasteiger partial charge in [-0.05, 0) is 18.5 Å². The smallest absolute Gasteiger partial charge is 0.0797 e. The van der Waals surface area contributed by atoms with Crippen LogP contribution in [0.5, 0.6) is 0 Å². The first kappa shape index (κ1) is 7.44. The van der Waals surface area contributed by atoms with Gasteiger partial charge in [0.15, 0.2) is 0 Å². The average Bonchev–Trinajstić information content (AvgIpc) is 2.38. The molecule has 1 aromatic heterocycles. The molecule has 0 spiro atoms. The molecule has 0 aliphatic rings. The first-order valence-electron chi connectivity index (χ1n) is 3.11. The Hall–Kier alpha value is -0.670. The Morgan fingerprint density at radius 1 is 1.80 bits per heavy atom. The second-order valence-electron chi connectivity index (χ2n) is 2.01. The van der Waals surface area contributed by atoms with Crippen molar-refractivity contribution in [2.45, 2.75) is 6.42 Å². The Balaban J connectivity index is 2.59. The predicted octanol–water partition coefficient (Wildman–Crippen LogP) is 1.51. The van der Waals surface area contributed by atoms with Gasteiger partial charge < -0.3 is 5.73 Å². The Bertz CT molecular complexity index is 203. The Labute approximate surface area is 64.4 Å². The second kappa shape index (κ2) is 3.49. The fraction of sp³-hybridized carbons (Fsp3) is 0.286. The lowest BCUT2D eigenvalue weighted by Gasteiger charge is -1.96. The zero-order chi connectivity index (χ0) is 7.40. The van der Waals surface area contributed by atoms with E-state index in [0.29, 0.717) is 6.54 Å². The molecule has 0 unspecified atom stereocenters. The van der Waals surface area contributed by atoms with E-state index in [2.05, 4.69) is 11.6 Å². The van der Waals surface area contributed by atoms with E-state index >= 15 is 0 Å². The molecule has 0 aliphatic heterocycles. The lowest BCUT2D eigenvalue weighted by Crippen LogP contribution is -1.98. The van der Waals surface area contributed by atoms with Crippen molar-refractivity contribution >= 4 is 16.9 Å². The van der Waals surface area contributed by atoms with Crippen molar-refractivity contribution in [3.8, 4) is 0 Å². The van der Waals surface area contributed by atoms with Crippen LogP contribution >= 0.6 is 11.3 Å². The third kappa shape index (κ3) is 1.65. The van der Waals surface area contributed by atoms with Gasteiger partial charge in [-0.25, -0.2) is 0 Å². The van der Waals surface area contributed by atoms with E-state index in [1.165, 1.54) is 0 Å². The van der Waals surface area contributed by atoms with Crippen molar-refractivity contribution in [3.05, 3.63) is 23.2 Å². The van der Waals surface area contributed by atoms with Crippen molar-refractivity contribution in [2.24, 2.45) is 5.73 Å². The normalized spacial score (nSPS) is 9.70. The topological polar surface area (TPSA) is 38.9 Å². The lowest BCUT2D eigenvalue weighted by molar-refractivity contribution is 1.03. The number of hydrogen-bond donors (Lipinski definition) is 1. The number of rotatable bonds is 3. The molecule has 1 rings (SSSR count). The summed E-state index contributed by atoms with van der Waals surface area (Å²) < 4.78 is 0. The maximum absolute atomic E-state index is 5.36. The summed E-state index contributed by atoms with van der Waals surface area (Å²) in [5.41, 5.74) is 8.25. The van der Waals surface area contributed by atoms with Gasteiger partial charge in [-0.2, -0.15) is 0 Å². The largest absolute Gasteiger partial charge is 0.330 e. The summed E-state index contributed by atoms with van der Waals surface area (Å²) in [5, 5.41) is 0. The molecule has 1 aromatic rings. The van der Waals surface area contributed by atoms with Gasteiger partial charge in [0.25, 0.3) is 0 Å². The monoisotopic (exact) mass is 154 g/mol. The van der Waals surface area contributed by atoms with Crippen LogP contribution in [-0.4, -0.2) is 11.5 Å². The molecule has 10 heavy (non-hydrogen) atoms. The highest BCUT2D eigenvalue weighted by Crippen LogP contribution is 2.18. The zero-order valence-corrected chi connectivity index (χ0v) is 6.53. The van der Waals surface area contributed by atoms with Gasteiger partial charge in [0.05, 0.1) is 5.51 Å². The van der Waals surface area contributed by atoms with Crippen LogP contribution in [0.3, 0.4) is 0 Å². The van der Waals surface area contributed by atoms with Crippen LogP contribution in [0.2, 0.25) is 0 Å². The zero-order valence-electron chi connectivity index (χ0n) is 5.71. The summed E-state index contributed by atoms with van der Waals surface area (Å²) in [6.07, 6.45) is 2.69. The average molecular weight is 154 g/mol. The summed E-state index contributed by atoms with van der Waals surface area (Å²) in [4.78, 5) is 5.09. The number of hydrogen-bond acceptors (Lipinski definition) is 3. The summed E-state index contributed by atoms with van der Waals surface area (Å²) in [6, 6.07) is 0. The minimum atomic E-state index is 0.663. The summed E-state index contributed by atoms with van der Waals surface area (Å²) in [7, 11) is 0. The van der Waals surface area contributed by atoms with E-state index in [4.69, 9.17) is 5.73 Å². The van der Waals surface area contributed by atoms with E-state index in [1.54, 1.807) is 16.8 Å². The van der Waals surface area contributed by atoms with Gasteiger partial charge in [0.1, 0.15) is 0 Å². The second-order valence-corrected chi connectivity index (χ2v) is 2.89. The van der Waals surface area contributed by atoms with E-state index < -0.39 is 0 Å². The molecular weight excluding hydrogens is 144 g/mol. The van der Waals surface area contributed by atoms with Crippen molar-refractivity contribution < 1.29 is 0 Å². The van der Waals surface area contributed by atoms with Crippen LogP contribution < -0.4 is 5.73 Å². The third-order valence-electron chi connectivity index (χ3n) is 1.23. The van der Waals surface area contributed by atoms with Crippen molar-refractivity contribution in [3.63, 3.8) is 0 Å². The first-order chi connectivity index (χ1) is 4.84. The van der Waals surface area contributed by atoms with E-state index in [-0.39, 0.29) is 0 Å². The van der Waals surface area contributed by atoms with Crippen LogP contribution in [0, 0.1) is 0 Å². The highest BCUT2D eigenvalue weighted by atomic mass is 32.1. The predicted molar refractivity (Wildman–Crippen MR) is 44.8 cm³/mol. The van der Waals surface area contributed by atoms with Gasteiger partial charge in [-0.15, -0.1) is 11.3 Å². The highest BCUT2D eigenvalue weighted by Gasteiger charge is 1.97. The maximum atomic E-state index is 5.36. The summed E-state index contributed by atoms with van der Waals surface area (Å²) in [5.74, 6) is 0. The molecule has 2 nitrogen and oxygen atoms in total. The molecule has 0 atom stereocenters. The Morgan fingerprint density at radius 2 is 2.60 bits per heavy atom. The van der Waals surface area contributed by atoms with Gasteiger partial charge in [0.2, 0.25) is 0 Å². The fourth-order valence-electron chi connectivity index (χ4n) is 0.688. The fourth-order valence-corrected chi connectivity index (χ4v) is 1.31. The number of aromatic nitrogens is 1. The van der Waals surface area contributed by atoms with E-state index in [0.717, 1.165) is 16.9 Å². The highest BCUT2D eigenvalue weighted by molar-refractivity contribution is 7.10. The molecule has 2 N–H and O–H groups in total. The molecule has 54 valence electrons. The van der Waals surface area contributed by atoms with Gasteiger partial charge in [0, 0.05) is 11.1 Å². The summed E-state index contributed by atoms with van der Waals surface area (Å²) >= 11 is 1.60. The quantitative estimate of drug-likeness (QED) is 0.716. The van der Waals surface area contributed by atoms with Crippen LogP contribution in [0.15, 0.2) is 18.3 Å². The molecule has 0 radical (unpaired) electrons. The van der Waals surface area contributed by atoms with Crippen molar-refractivity contribution in [2.75, 3.05) is 6.54 Å². The summed E-state index contributed by atoms with van der Waals surface area (Å²) in [6.45, 7) is 4.54. The molecule has 0 aliphatic carbocycles. The first-order valence-corrected chi connectivity index (χ1v) is 3.99. The van der Waals surface area contributed by atoms with E-state index in [1.807, 2.05) is 6.20 Å². The van der Waals surface area contributed by atoms with Crippen LogP contribution in [-0.2, 0) is 0 Å². The maximum Gasteiger partial charge on any atom is 0.0797 e. The molecular formula is C7H10N2S. The van der Waals surface area contributed by atoms with Gasteiger partial charge in [-0.3, -0.25) is 4.98 Å². The Kier molecular flexibility index (Phi) is 2.59.